The molecule has 158 valence electrons. The largest absolute Gasteiger partial charge is 0.497 e. The standard InChI is InChI=1S/C22H30N2O5/c1-22(2,3)29-21(27)23-16-9-5-15(6-10-16)20(26)24-18-13-17(28-4)11-7-14(18)8-12-19(24)25/h7-8,11-13,15-16,20,26H,5-6,9-10H2,1-4H3,(H,23,27)/t15-,16-,20?. The van der Waals surface area contributed by atoms with Crippen LogP contribution in [0.2, 0.25) is 0 Å². The number of aromatic nitrogens is 1. The van der Waals surface area contributed by atoms with Gasteiger partial charge >= 0.3 is 6.09 Å². The summed E-state index contributed by atoms with van der Waals surface area (Å²) in [4.78, 5) is 24.5. The number of rotatable bonds is 4. The summed E-state index contributed by atoms with van der Waals surface area (Å²) in [6, 6.07) is 8.72. The molecule has 0 aliphatic heterocycles. The van der Waals surface area contributed by atoms with E-state index in [-0.39, 0.29) is 17.5 Å². The van der Waals surface area contributed by atoms with Crippen LogP contribution >= 0.6 is 0 Å². The fraction of sp³-hybridized carbons (Fsp3) is 0.545. The molecule has 1 heterocycles. The van der Waals surface area contributed by atoms with Gasteiger partial charge < -0.3 is 19.9 Å². The Bertz CT molecular complexity index is 923. The minimum atomic E-state index is -0.930. The van der Waals surface area contributed by atoms with Crippen LogP contribution in [0.4, 0.5) is 4.79 Å². The number of aliphatic hydroxyl groups is 1. The normalized spacial score (nSPS) is 20.9. The van der Waals surface area contributed by atoms with Crippen LogP contribution in [0.25, 0.3) is 10.9 Å². The van der Waals surface area contributed by atoms with Crippen molar-refractivity contribution < 1.29 is 19.4 Å². The molecule has 1 aromatic heterocycles. The van der Waals surface area contributed by atoms with Gasteiger partial charge in [-0.15, -0.1) is 0 Å². The third-order valence-corrected chi connectivity index (χ3v) is 5.32. The number of methoxy groups -OCH3 is 1. The summed E-state index contributed by atoms with van der Waals surface area (Å²) in [6.07, 6.45) is 1.51. The molecule has 1 aliphatic rings. The number of carbonyl (C=O) groups excluding carboxylic acids is 1. The van der Waals surface area contributed by atoms with Crippen molar-refractivity contribution in [1.29, 1.82) is 0 Å². The SMILES string of the molecule is COc1ccc2ccc(=O)n(C(O)[C@H]3CC[C@H](NC(=O)OC(C)(C)C)CC3)c2c1. The number of alkyl carbamates (subject to hydrolysis) is 1. The summed E-state index contributed by atoms with van der Waals surface area (Å²) in [5.41, 5.74) is -0.126. The molecular weight excluding hydrogens is 372 g/mol. The van der Waals surface area contributed by atoms with Gasteiger partial charge in [-0.25, -0.2) is 4.79 Å². The highest BCUT2D eigenvalue weighted by Crippen LogP contribution is 2.33. The number of benzene rings is 1. The monoisotopic (exact) mass is 402 g/mol. The lowest BCUT2D eigenvalue weighted by Crippen LogP contribution is -2.42. The van der Waals surface area contributed by atoms with Crippen molar-refractivity contribution in [3.05, 3.63) is 40.7 Å². The van der Waals surface area contributed by atoms with Crippen molar-refractivity contribution in [3.8, 4) is 5.75 Å². The Morgan fingerprint density at radius 3 is 2.45 bits per heavy atom. The molecule has 2 aromatic rings. The Labute approximate surface area is 170 Å². The van der Waals surface area contributed by atoms with Crippen molar-refractivity contribution in [3.63, 3.8) is 0 Å². The van der Waals surface area contributed by atoms with E-state index in [4.69, 9.17) is 9.47 Å². The molecule has 1 aliphatic carbocycles. The van der Waals surface area contributed by atoms with Gasteiger partial charge in [0.25, 0.3) is 5.56 Å². The fourth-order valence-electron chi connectivity index (χ4n) is 3.88. The van der Waals surface area contributed by atoms with E-state index in [0.29, 0.717) is 24.1 Å². The molecule has 2 N–H and O–H groups in total. The Morgan fingerprint density at radius 2 is 1.83 bits per heavy atom. The first-order chi connectivity index (χ1) is 13.7. The minimum absolute atomic E-state index is 0.0117. The third-order valence-electron chi connectivity index (χ3n) is 5.32. The molecule has 0 bridgehead atoms. The predicted molar refractivity (Wildman–Crippen MR) is 111 cm³/mol. The van der Waals surface area contributed by atoms with Crippen molar-refractivity contribution in [2.24, 2.45) is 5.92 Å². The van der Waals surface area contributed by atoms with Crippen molar-refractivity contribution in [2.45, 2.75) is 64.3 Å². The maximum atomic E-state index is 12.5. The maximum Gasteiger partial charge on any atom is 0.407 e. The molecule has 0 radical (unpaired) electrons. The lowest BCUT2D eigenvalue weighted by Gasteiger charge is -2.33. The van der Waals surface area contributed by atoms with Gasteiger partial charge in [-0.3, -0.25) is 9.36 Å². The van der Waals surface area contributed by atoms with E-state index in [2.05, 4.69) is 5.32 Å². The second kappa shape index (κ2) is 8.45. The van der Waals surface area contributed by atoms with E-state index < -0.39 is 17.9 Å². The molecule has 29 heavy (non-hydrogen) atoms. The molecule has 1 saturated carbocycles. The van der Waals surface area contributed by atoms with Gasteiger partial charge in [0.2, 0.25) is 0 Å². The third kappa shape index (κ3) is 5.09. The average molecular weight is 402 g/mol. The van der Waals surface area contributed by atoms with Gasteiger partial charge in [-0.1, -0.05) is 0 Å². The lowest BCUT2D eigenvalue weighted by molar-refractivity contribution is 0.0174. The second-order valence-corrected chi connectivity index (χ2v) is 8.64. The zero-order valence-electron chi connectivity index (χ0n) is 17.5. The zero-order chi connectivity index (χ0) is 21.2. The van der Waals surface area contributed by atoms with Gasteiger partial charge in [-0.05, 0) is 70.0 Å². The maximum absolute atomic E-state index is 12.5. The number of hydrogen-bond acceptors (Lipinski definition) is 5. The summed E-state index contributed by atoms with van der Waals surface area (Å²) < 4.78 is 12.0. The number of ether oxygens (including phenoxy) is 2. The molecule has 1 amide bonds. The quantitative estimate of drug-likeness (QED) is 0.816. The van der Waals surface area contributed by atoms with E-state index in [1.54, 1.807) is 19.2 Å². The molecule has 0 saturated heterocycles. The average Bonchev–Trinajstić information content (AvgIpc) is 2.66. The van der Waals surface area contributed by atoms with Gasteiger partial charge in [0.15, 0.2) is 0 Å². The first-order valence-corrected chi connectivity index (χ1v) is 10.0. The van der Waals surface area contributed by atoms with E-state index in [9.17, 15) is 14.7 Å². The molecule has 7 nitrogen and oxygen atoms in total. The van der Waals surface area contributed by atoms with Crippen LogP contribution in [-0.2, 0) is 4.74 Å². The summed E-state index contributed by atoms with van der Waals surface area (Å²) in [6.45, 7) is 5.49. The number of aliphatic hydroxyl groups excluding tert-OH is 1. The Hall–Kier alpha value is -2.54. The number of amides is 1. The minimum Gasteiger partial charge on any atom is -0.497 e. The van der Waals surface area contributed by atoms with Crippen LogP contribution in [-0.4, -0.2) is 34.5 Å². The van der Waals surface area contributed by atoms with Gasteiger partial charge in [-0.2, -0.15) is 0 Å². The first-order valence-electron chi connectivity index (χ1n) is 10.0. The lowest BCUT2D eigenvalue weighted by atomic mass is 9.84. The van der Waals surface area contributed by atoms with Crippen LogP contribution in [0.3, 0.4) is 0 Å². The second-order valence-electron chi connectivity index (χ2n) is 8.64. The number of nitrogens with one attached hydrogen (secondary N) is 1. The van der Waals surface area contributed by atoms with Gasteiger partial charge in [0.05, 0.1) is 12.6 Å². The molecule has 0 spiro atoms. The highest BCUT2D eigenvalue weighted by atomic mass is 16.6. The predicted octanol–water partition coefficient (Wildman–Crippen LogP) is 3.58. The molecular formula is C22H30N2O5. The molecule has 1 atom stereocenters. The number of carbonyl (C=O) groups is 1. The van der Waals surface area contributed by atoms with Crippen molar-refractivity contribution in [2.75, 3.05) is 7.11 Å². The Balaban J connectivity index is 1.71. The smallest absolute Gasteiger partial charge is 0.407 e. The summed E-state index contributed by atoms with van der Waals surface area (Å²) in [5.74, 6) is 0.565. The molecule has 1 aromatic carbocycles. The number of nitrogens with zero attached hydrogens (tertiary/aromatic N) is 1. The van der Waals surface area contributed by atoms with Crippen LogP contribution in [0, 0.1) is 5.92 Å². The molecule has 3 rings (SSSR count). The number of pyridine rings is 1. The van der Waals surface area contributed by atoms with Crippen molar-refractivity contribution in [1.82, 2.24) is 9.88 Å². The van der Waals surface area contributed by atoms with E-state index >= 15 is 0 Å². The van der Waals surface area contributed by atoms with Gasteiger partial charge in [0, 0.05) is 24.1 Å². The number of fused-ring (bicyclic) bond motifs is 1. The summed E-state index contributed by atoms with van der Waals surface area (Å²) >= 11 is 0. The van der Waals surface area contributed by atoms with Crippen LogP contribution in [0.15, 0.2) is 35.1 Å². The van der Waals surface area contributed by atoms with E-state index in [1.807, 2.05) is 32.9 Å². The Kier molecular flexibility index (Phi) is 6.17. The van der Waals surface area contributed by atoms with E-state index in [0.717, 1.165) is 18.2 Å². The summed E-state index contributed by atoms with van der Waals surface area (Å²) in [5, 5.41) is 14.8. The van der Waals surface area contributed by atoms with Gasteiger partial charge in [0.1, 0.15) is 17.6 Å². The highest BCUT2D eigenvalue weighted by molar-refractivity contribution is 5.80. The zero-order valence-corrected chi connectivity index (χ0v) is 17.5. The van der Waals surface area contributed by atoms with E-state index in [1.165, 1.54) is 10.6 Å². The van der Waals surface area contributed by atoms with Crippen LogP contribution < -0.4 is 15.6 Å². The number of hydrogen-bond donors (Lipinski definition) is 2. The molecule has 7 heteroatoms. The van der Waals surface area contributed by atoms with Crippen LogP contribution in [0.1, 0.15) is 52.7 Å². The topological polar surface area (TPSA) is 89.8 Å². The molecule has 1 fully saturated rings. The first kappa shape index (κ1) is 21.2. The molecule has 1 unspecified atom stereocenters. The Morgan fingerprint density at radius 1 is 1.17 bits per heavy atom. The summed E-state index contributed by atoms with van der Waals surface area (Å²) in [7, 11) is 1.57. The van der Waals surface area contributed by atoms with Crippen molar-refractivity contribution >= 4 is 17.0 Å². The highest BCUT2D eigenvalue weighted by Gasteiger charge is 2.30. The fourth-order valence-corrected chi connectivity index (χ4v) is 3.88. The van der Waals surface area contributed by atoms with Crippen LogP contribution in [0.5, 0.6) is 5.75 Å².